The van der Waals surface area contributed by atoms with Gasteiger partial charge in [0, 0.05) is 31.7 Å². The summed E-state index contributed by atoms with van der Waals surface area (Å²) in [4.78, 5) is 5.58. The first kappa shape index (κ1) is 18.9. The minimum absolute atomic E-state index is 0.325. The number of nitrogens with one attached hydrogen (secondary N) is 2. The molecule has 1 aromatic carbocycles. The summed E-state index contributed by atoms with van der Waals surface area (Å²) in [7, 11) is 1.79. The molecule has 0 atom stereocenters. The number of benzene rings is 1. The first-order chi connectivity index (χ1) is 12.8. The Bertz CT molecular complexity index is 682. The Labute approximate surface area is 159 Å². The van der Waals surface area contributed by atoms with Crippen molar-refractivity contribution in [3.63, 3.8) is 0 Å². The second-order valence-corrected chi connectivity index (χ2v) is 7.33. The average molecular weight is 374 g/mol. The van der Waals surface area contributed by atoms with Gasteiger partial charge in [0.05, 0.1) is 19.3 Å². The van der Waals surface area contributed by atoms with Crippen LogP contribution in [-0.4, -0.2) is 32.3 Å². The predicted molar refractivity (Wildman–Crippen MR) is 106 cm³/mol. The quantitative estimate of drug-likeness (QED) is 0.578. The van der Waals surface area contributed by atoms with Crippen molar-refractivity contribution in [2.75, 3.05) is 20.3 Å². The third-order valence-electron chi connectivity index (χ3n) is 4.34. The van der Waals surface area contributed by atoms with Crippen molar-refractivity contribution in [1.82, 2.24) is 10.6 Å². The zero-order valence-corrected chi connectivity index (χ0v) is 16.1. The molecular formula is C20H27N3O2S. The number of nitrogens with zero attached hydrogens (tertiary/aromatic N) is 1. The number of hydrogen-bond acceptors (Lipinski definition) is 4. The van der Waals surface area contributed by atoms with Crippen LogP contribution in [0.15, 0.2) is 46.8 Å². The summed E-state index contributed by atoms with van der Waals surface area (Å²) >= 11 is 1.74. The van der Waals surface area contributed by atoms with Crippen molar-refractivity contribution in [1.29, 1.82) is 0 Å². The van der Waals surface area contributed by atoms with Crippen LogP contribution in [0.5, 0.6) is 0 Å². The lowest BCUT2D eigenvalue weighted by Gasteiger charge is -2.22. The minimum atomic E-state index is 0.325. The second kappa shape index (κ2) is 10.3. The van der Waals surface area contributed by atoms with Gasteiger partial charge in [-0.1, -0.05) is 30.3 Å². The molecule has 0 spiro atoms. The minimum Gasteiger partial charge on any atom is -0.381 e. The van der Waals surface area contributed by atoms with E-state index in [0.29, 0.717) is 12.7 Å². The monoisotopic (exact) mass is 373 g/mol. The highest BCUT2D eigenvalue weighted by Crippen LogP contribution is 2.14. The summed E-state index contributed by atoms with van der Waals surface area (Å²) in [5.41, 5.74) is 2.43. The number of hydrogen-bond donors (Lipinski definition) is 2. The van der Waals surface area contributed by atoms with Gasteiger partial charge in [0.25, 0.3) is 0 Å². The number of rotatable bonds is 7. The van der Waals surface area contributed by atoms with Crippen molar-refractivity contribution < 1.29 is 9.47 Å². The summed E-state index contributed by atoms with van der Waals surface area (Å²) in [5, 5.41) is 8.79. The molecule has 0 saturated carbocycles. The molecular weight excluding hydrogens is 346 g/mol. The molecule has 3 rings (SSSR count). The third kappa shape index (κ3) is 6.12. The maximum atomic E-state index is 6.02. The van der Waals surface area contributed by atoms with Crippen LogP contribution in [0.4, 0.5) is 0 Å². The Balaban J connectivity index is 1.44. The molecule has 2 heterocycles. The highest BCUT2D eigenvalue weighted by Gasteiger charge is 2.14. The Morgan fingerprint density at radius 2 is 1.96 bits per heavy atom. The molecule has 0 bridgehead atoms. The first-order valence-electron chi connectivity index (χ1n) is 9.07. The molecule has 140 valence electrons. The Hall–Kier alpha value is -1.89. The van der Waals surface area contributed by atoms with Gasteiger partial charge >= 0.3 is 0 Å². The van der Waals surface area contributed by atoms with Gasteiger partial charge in [0.1, 0.15) is 0 Å². The molecule has 0 aliphatic carbocycles. The summed E-state index contributed by atoms with van der Waals surface area (Å²) in [6.45, 7) is 3.80. The number of ether oxygens (including phenoxy) is 2. The summed E-state index contributed by atoms with van der Waals surface area (Å²) in [6.07, 6.45) is 2.31. The van der Waals surface area contributed by atoms with E-state index in [1.54, 1.807) is 18.4 Å². The van der Waals surface area contributed by atoms with Crippen LogP contribution in [0.3, 0.4) is 0 Å². The SMILES string of the molecule is CN=C(NCc1cccc(COC2CCOCC2)c1)NCc1cccs1. The lowest BCUT2D eigenvalue weighted by Crippen LogP contribution is -2.36. The highest BCUT2D eigenvalue weighted by atomic mass is 32.1. The molecule has 1 fully saturated rings. The van der Waals surface area contributed by atoms with Crippen molar-refractivity contribution in [2.45, 2.75) is 38.6 Å². The van der Waals surface area contributed by atoms with Crippen molar-refractivity contribution in [2.24, 2.45) is 4.99 Å². The van der Waals surface area contributed by atoms with Crippen LogP contribution in [0.25, 0.3) is 0 Å². The van der Waals surface area contributed by atoms with Gasteiger partial charge in [-0.25, -0.2) is 0 Å². The van der Waals surface area contributed by atoms with Gasteiger partial charge in [-0.2, -0.15) is 0 Å². The predicted octanol–water partition coefficient (Wildman–Crippen LogP) is 3.31. The fourth-order valence-electron chi connectivity index (χ4n) is 2.88. The van der Waals surface area contributed by atoms with E-state index in [2.05, 4.69) is 57.4 Å². The van der Waals surface area contributed by atoms with Crippen LogP contribution in [0.2, 0.25) is 0 Å². The Morgan fingerprint density at radius 1 is 1.15 bits per heavy atom. The van der Waals surface area contributed by atoms with E-state index in [1.807, 2.05) is 0 Å². The number of thiophene rings is 1. The van der Waals surface area contributed by atoms with E-state index in [0.717, 1.165) is 45.1 Å². The zero-order valence-electron chi connectivity index (χ0n) is 15.2. The van der Waals surface area contributed by atoms with Gasteiger partial charge in [0.15, 0.2) is 5.96 Å². The van der Waals surface area contributed by atoms with Gasteiger partial charge in [-0.3, -0.25) is 4.99 Å². The normalized spacial score (nSPS) is 15.8. The maximum absolute atomic E-state index is 6.02. The fourth-order valence-corrected chi connectivity index (χ4v) is 3.52. The maximum Gasteiger partial charge on any atom is 0.191 e. The van der Waals surface area contributed by atoms with Crippen molar-refractivity contribution >= 4 is 17.3 Å². The molecule has 0 amide bonds. The van der Waals surface area contributed by atoms with Crippen LogP contribution in [-0.2, 0) is 29.2 Å². The van der Waals surface area contributed by atoms with Crippen LogP contribution < -0.4 is 10.6 Å². The standard InChI is InChI=1S/C20H27N3O2S/c1-21-20(23-14-19-6-3-11-26-19)22-13-16-4-2-5-17(12-16)15-25-18-7-9-24-10-8-18/h2-6,11-12,18H,7-10,13-15H2,1H3,(H2,21,22,23). The highest BCUT2D eigenvalue weighted by molar-refractivity contribution is 7.09. The number of guanidine groups is 1. The van der Waals surface area contributed by atoms with Gasteiger partial charge in [-0.05, 0) is 35.4 Å². The van der Waals surface area contributed by atoms with E-state index in [4.69, 9.17) is 9.47 Å². The molecule has 2 N–H and O–H groups in total. The van der Waals surface area contributed by atoms with Crippen molar-refractivity contribution in [3.8, 4) is 0 Å². The molecule has 2 aromatic rings. The molecule has 1 aliphatic heterocycles. The molecule has 6 heteroatoms. The molecule has 26 heavy (non-hydrogen) atoms. The molecule has 1 saturated heterocycles. The van der Waals surface area contributed by atoms with Crippen molar-refractivity contribution in [3.05, 3.63) is 57.8 Å². The fraction of sp³-hybridized carbons (Fsp3) is 0.450. The average Bonchev–Trinajstić information content (AvgIpc) is 3.21. The van der Waals surface area contributed by atoms with E-state index >= 15 is 0 Å². The van der Waals surface area contributed by atoms with Crippen LogP contribution in [0, 0.1) is 0 Å². The summed E-state index contributed by atoms with van der Waals surface area (Å²) in [6, 6.07) is 12.7. The van der Waals surface area contributed by atoms with Crippen LogP contribution in [0.1, 0.15) is 28.8 Å². The Kier molecular flexibility index (Phi) is 7.49. The van der Waals surface area contributed by atoms with E-state index in [-0.39, 0.29) is 0 Å². The lowest BCUT2D eigenvalue weighted by atomic mass is 10.1. The van der Waals surface area contributed by atoms with E-state index in [9.17, 15) is 0 Å². The van der Waals surface area contributed by atoms with Gasteiger partial charge < -0.3 is 20.1 Å². The molecule has 0 unspecified atom stereocenters. The zero-order chi connectivity index (χ0) is 18.0. The molecule has 1 aromatic heterocycles. The van der Waals surface area contributed by atoms with Gasteiger partial charge in [0.2, 0.25) is 0 Å². The molecule has 5 nitrogen and oxygen atoms in total. The molecule has 0 radical (unpaired) electrons. The topological polar surface area (TPSA) is 54.9 Å². The van der Waals surface area contributed by atoms with E-state index in [1.165, 1.54) is 16.0 Å². The van der Waals surface area contributed by atoms with E-state index < -0.39 is 0 Å². The van der Waals surface area contributed by atoms with Crippen LogP contribution >= 0.6 is 11.3 Å². The Morgan fingerprint density at radius 3 is 2.73 bits per heavy atom. The third-order valence-corrected chi connectivity index (χ3v) is 5.22. The number of aliphatic imine (C=N–C) groups is 1. The summed E-state index contributed by atoms with van der Waals surface area (Å²) < 4.78 is 11.4. The summed E-state index contributed by atoms with van der Waals surface area (Å²) in [5.74, 6) is 0.808. The largest absolute Gasteiger partial charge is 0.381 e. The van der Waals surface area contributed by atoms with Gasteiger partial charge in [-0.15, -0.1) is 11.3 Å². The second-order valence-electron chi connectivity index (χ2n) is 6.30. The lowest BCUT2D eigenvalue weighted by molar-refractivity contribution is -0.0390. The first-order valence-corrected chi connectivity index (χ1v) is 9.95. The molecule has 1 aliphatic rings. The smallest absolute Gasteiger partial charge is 0.191 e.